The van der Waals surface area contributed by atoms with E-state index in [4.69, 9.17) is 0 Å². The van der Waals surface area contributed by atoms with E-state index in [9.17, 15) is 18.0 Å². The van der Waals surface area contributed by atoms with Gasteiger partial charge in [-0.2, -0.15) is 0 Å². The molecule has 0 saturated carbocycles. The first-order valence-corrected chi connectivity index (χ1v) is 10.6. The number of aryl methyl sites for hydroxylation is 2. The minimum Gasteiger partial charge on any atom is -0.280 e. The number of hydrogen-bond donors (Lipinski definition) is 3. The average Bonchev–Trinajstić information content (AvgIpc) is 2.72. The van der Waals surface area contributed by atoms with Crippen molar-refractivity contribution in [2.24, 2.45) is 0 Å². The Kier molecular flexibility index (Phi) is 6.17. The molecule has 3 aromatic rings. The zero-order valence-electron chi connectivity index (χ0n) is 16.5. The Hall–Kier alpha value is -3.65. The minimum atomic E-state index is -3.78. The maximum absolute atomic E-state index is 12.4. The first-order valence-electron chi connectivity index (χ1n) is 9.12. The summed E-state index contributed by atoms with van der Waals surface area (Å²) in [4.78, 5) is 24.6. The van der Waals surface area contributed by atoms with Crippen molar-refractivity contribution in [2.75, 3.05) is 4.72 Å². The van der Waals surface area contributed by atoms with Crippen molar-refractivity contribution in [2.45, 2.75) is 18.7 Å². The first-order chi connectivity index (χ1) is 14.3. The van der Waals surface area contributed by atoms with E-state index < -0.39 is 21.8 Å². The fraction of sp³-hybridized carbons (Fsp3) is 0.0909. The second-order valence-electron chi connectivity index (χ2n) is 6.72. The molecule has 0 atom stereocenters. The molecule has 2 amide bonds. The number of amides is 2. The SMILES string of the molecule is Cc1ccc(C(=O)NNC(=O)c2ccc(S(=O)(=O)Nc3ccccc3)cc2)c(C)c1. The van der Waals surface area contributed by atoms with Crippen molar-refractivity contribution in [3.63, 3.8) is 0 Å². The number of benzene rings is 3. The van der Waals surface area contributed by atoms with Gasteiger partial charge >= 0.3 is 0 Å². The first kappa shape index (κ1) is 21.1. The zero-order chi connectivity index (χ0) is 21.7. The minimum absolute atomic E-state index is 0.0159. The van der Waals surface area contributed by atoms with Crippen LogP contribution in [-0.4, -0.2) is 20.2 Å². The molecule has 8 heteroatoms. The highest BCUT2D eigenvalue weighted by atomic mass is 32.2. The number of para-hydroxylation sites is 1. The Morgan fingerprint density at radius 3 is 2.03 bits per heavy atom. The Morgan fingerprint density at radius 1 is 0.767 bits per heavy atom. The fourth-order valence-corrected chi connectivity index (χ4v) is 3.89. The molecule has 0 aliphatic carbocycles. The molecule has 0 unspecified atom stereocenters. The molecule has 3 N–H and O–H groups in total. The molecule has 7 nitrogen and oxygen atoms in total. The summed E-state index contributed by atoms with van der Waals surface area (Å²) in [5, 5.41) is 0. The molecule has 0 spiro atoms. The summed E-state index contributed by atoms with van der Waals surface area (Å²) in [6.07, 6.45) is 0. The number of nitrogens with one attached hydrogen (secondary N) is 3. The molecule has 0 bridgehead atoms. The lowest BCUT2D eigenvalue weighted by atomic mass is 10.1. The molecule has 0 fully saturated rings. The van der Waals surface area contributed by atoms with Crippen LogP contribution in [0.1, 0.15) is 31.8 Å². The summed E-state index contributed by atoms with van der Waals surface area (Å²) < 4.78 is 27.3. The van der Waals surface area contributed by atoms with Gasteiger partial charge in [0.15, 0.2) is 0 Å². The van der Waals surface area contributed by atoms with Crippen molar-refractivity contribution in [3.05, 3.63) is 95.1 Å². The normalized spacial score (nSPS) is 10.9. The Labute approximate surface area is 175 Å². The predicted molar refractivity (Wildman–Crippen MR) is 115 cm³/mol. The number of rotatable bonds is 5. The van der Waals surface area contributed by atoms with Crippen LogP contribution in [0.2, 0.25) is 0 Å². The monoisotopic (exact) mass is 423 g/mol. The van der Waals surface area contributed by atoms with E-state index >= 15 is 0 Å². The third-order valence-electron chi connectivity index (χ3n) is 4.37. The number of carbonyl (C=O) groups excluding carboxylic acids is 2. The van der Waals surface area contributed by atoms with Crippen LogP contribution in [0, 0.1) is 13.8 Å². The summed E-state index contributed by atoms with van der Waals surface area (Å²) in [7, 11) is -3.78. The lowest BCUT2D eigenvalue weighted by Crippen LogP contribution is -2.41. The maximum atomic E-state index is 12.4. The van der Waals surface area contributed by atoms with Crippen LogP contribution < -0.4 is 15.6 Å². The molecule has 0 aromatic heterocycles. The van der Waals surface area contributed by atoms with Gasteiger partial charge in [0.2, 0.25) is 0 Å². The molecule has 0 aliphatic heterocycles. The Morgan fingerprint density at radius 2 is 1.40 bits per heavy atom. The fourth-order valence-electron chi connectivity index (χ4n) is 2.83. The summed E-state index contributed by atoms with van der Waals surface area (Å²) in [5.74, 6) is -1.000. The van der Waals surface area contributed by atoms with Crippen LogP contribution >= 0.6 is 0 Å². The van der Waals surface area contributed by atoms with E-state index in [1.807, 2.05) is 26.0 Å². The second-order valence-corrected chi connectivity index (χ2v) is 8.40. The van der Waals surface area contributed by atoms with E-state index in [0.717, 1.165) is 11.1 Å². The lowest BCUT2D eigenvalue weighted by molar-refractivity contribution is 0.0846. The second kappa shape index (κ2) is 8.79. The maximum Gasteiger partial charge on any atom is 0.269 e. The van der Waals surface area contributed by atoms with Crippen LogP contribution in [0.25, 0.3) is 0 Å². The van der Waals surface area contributed by atoms with Crippen LogP contribution in [0.3, 0.4) is 0 Å². The van der Waals surface area contributed by atoms with Gasteiger partial charge in [-0.3, -0.25) is 25.2 Å². The smallest absolute Gasteiger partial charge is 0.269 e. The summed E-state index contributed by atoms with van der Waals surface area (Å²) in [6, 6.07) is 19.3. The molecular weight excluding hydrogens is 402 g/mol. The quantitative estimate of drug-likeness (QED) is 0.548. The van der Waals surface area contributed by atoms with Crippen molar-refractivity contribution in [1.82, 2.24) is 10.9 Å². The number of anilines is 1. The van der Waals surface area contributed by atoms with Crippen LogP contribution in [0.4, 0.5) is 5.69 Å². The Bertz CT molecular complexity index is 1170. The van der Waals surface area contributed by atoms with Gasteiger partial charge in [-0.15, -0.1) is 0 Å². The van der Waals surface area contributed by atoms with Gasteiger partial charge in [0.25, 0.3) is 21.8 Å². The van der Waals surface area contributed by atoms with Crippen LogP contribution in [0.5, 0.6) is 0 Å². The van der Waals surface area contributed by atoms with Gasteiger partial charge in [-0.25, -0.2) is 8.42 Å². The number of hydrazine groups is 1. The highest BCUT2D eigenvalue weighted by Crippen LogP contribution is 2.16. The largest absolute Gasteiger partial charge is 0.280 e. The lowest BCUT2D eigenvalue weighted by Gasteiger charge is -2.11. The number of carbonyl (C=O) groups is 2. The molecule has 3 rings (SSSR count). The van der Waals surface area contributed by atoms with Crippen molar-refractivity contribution in [1.29, 1.82) is 0 Å². The van der Waals surface area contributed by atoms with Gasteiger partial charge in [-0.1, -0.05) is 35.9 Å². The van der Waals surface area contributed by atoms with Gasteiger partial charge in [-0.05, 0) is 61.9 Å². The van der Waals surface area contributed by atoms with Crippen molar-refractivity contribution >= 4 is 27.5 Å². The van der Waals surface area contributed by atoms with E-state index in [0.29, 0.717) is 11.3 Å². The molecule has 154 valence electrons. The number of hydrogen-bond acceptors (Lipinski definition) is 4. The van der Waals surface area contributed by atoms with Gasteiger partial charge in [0, 0.05) is 16.8 Å². The summed E-state index contributed by atoms with van der Waals surface area (Å²) >= 11 is 0. The van der Waals surface area contributed by atoms with Gasteiger partial charge < -0.3 is 0 Å². The van der Waals surface area contributed by atoms with E-state index in [1.54, 1.807) is 36.4 Å². The van der Waals surface area contributed by atoms with E-state index in [2.05, 4.69) is 15.6 Å². The predicted octanol–water partition coefficient (Wildman–Crippen LogP) is 3.18. The highest BCUT2D eigenvalue weighted by molar-refractivity contribution is 7.92. The average molecular weight is 423 g/mol. The summed E-state index contributed by atoms with van der Waals surface area (Å²) in [5.41, 5.74) is 7.62. The van der Waals surface area contributed by atoms with Crippen molar-refractivity contribution in [3.8, 4) is 0 Å². The third-order valence-corrected chi connectivity index (χ3v) is 5.77. The van der Waals surface area contributed by atoms with Gasteiger partial charge in [0.1, 0.15) is 0 Å². The van der Waals surface area contributed by atoms with Crippen LogP contribution in [0.15, 0.2) is 77.7 Å². The van der Waals surface area contributed by atoms with Crippen molar-refractivity contribution < 1.29 is 18.0 Å². The number of sulfonamides is 1. The third kappa shape index (κ3) is 5.03. The molecule has 0 aliphatic rings. The molecule has 30 heavy (non-hydrogen) atoms. The van der Waals surface area contributed by atoms with E-state index in [-0.39, 0.29) is 10.5 Å². The Balaban J connectivity index is 1.64. The summed E-state index contributed by atoms with van der Waals surface area (Å²) in [6.45, 7) is 3.74. The van der Waals surface area contributed by atoms with E-state index in [1.165, 1.54) is 24.3 Å². The highest BCUT2D eigenvalue weighted by Gasteiger charge is 2.16. The van der Waals surface area contributed by atoms with Crippen LogP contribution in [-0.2, 0) is 10.0 Å². The molecule has 3 aromatic carbocycles. The topological polar surface area (TPSA) is 104 Å². The molecular formula is C22H21N3O4S. The molecule has 0 heterocycles. The molecule has 0 saturated heterocycles. The standard InChI is InChI=1S/C22H21N3O4S/c1-15-8-13-20(16(2)14-15)22(27)24-23-21(26)17-9-11-19(12-10-17)30(28,29)25-18-6-4-3-5-7-18/h3-14,25H,1-2H3,(H,23,26)(H,24,27). The molecule has 0 radical (unpaired) electrons. The van der Waals surface area contributed by atoms with Gasteiger partial charge in [0.05, 0.1) is 4.90 Å². The zero-order valence-corrected chi connectivity index (χ0v) is 17.3.